The molecule has 0 atom stereocenters. The first kappa shape index (κ1) is 11.7. The number of hydrogen-bond donors (Lipinski definition) is 0. The van der Waals surface area contributed by atoms with Crippen molar-refractivity contribution in [2.45, 2.75) is 32.1 Å². The zero-order chi connectivity index (χ0) is 12.1. The third-order valence-corrected chi connectivity index (χ3v) is 3.00. The SMILES string of the molecule is N#CCC(=O)CCOc1ccc2c(c1)CCC2. The quantitative estimate of drug-likeness (QED) is 0.779. The largest absolute Gasteiger partial charge is 0.493 e. The third kappa shape index (κ3) is 3.07. The van der Waals surface area contributed by atoms with E-state index >= 15 is 0 Å². The van der Waals surface area contributed by atoms with Gasteiger partial charge in [-0.05, 0) is 42.5 Å². The van der Waals surface area contributed by atoms with Crippen molar-refractivity contribution in [1.82, 2.24) is 0 Å². The summed E-state index contributed by atoms with van der Waals surface area (Å²) < 4.78 is 5.52. The van der Waals surface area contributed by atoms with E-state index in [1.807, 2.05) is 12.1 Å². The summed E-state index contributed by atoms with van der Waals surface area (Å²) in [4.78, 5) is 11.1. The summed E-state index contributed by atoms with van der Waals surface area (Å²) in [6, 6.07) is 7.97. The maximum atomic E-state index is 11.1. The second-order valence-electron chi connectivity index (χ2n) is 4.26. The fourth-order valence-corrected chi connectivity index (χ4v) is 2.10. The van der Waals surface area contributed by atoms with Gasteiger partial charge >= 0.3 is 0 Å². The van der Waals surface area contributed by atoms with Crippen LogP contribution in [0.25, 0.3) is 0 Å². The molecule has 0 saturated carbocycles. The number of ether oxygens (including phenoxy) is 1. The Morgan fingerprint density at radius 3 is 3.00 bits per heavy atom. The predicted molar refractivity (Wildman–Crippen MR) is 63.8 cm³/mol. The van der Waals surface area contributed by atoms with Gasteiger partial charge in [0.2, 0.25) is 0 Å². The zero-order valence-electron chi connectivity index (χ0n) is 9.74. The second kappa shape index (κ2) is 5.49. The normalized spacial score (nSPS) is 12.9. The zero-order valence-corrected chi connectivity index (χ0v) is 9.74. The molecule has 0 bridgehead atoms. The van der Waals surface area contributed by atoms with Gasteiger partial charge in [0.1, 0.15) is 11.5 Å². The van der Waals surface area contributed by atoms with Crippen molar-refractivity contribution in [3.05, 3.63) is 29.3 Å². The minimum absolute atomic E-state index is 0.0203. The molecule has 2 rings (SSSR count). The number of carbonyl (C=O) groups is 1. The summed E-state index contributed by atoms with van der Waals surface area (Å²) in [7, 11) is 0. The number of benzene rings is 1. The second-order valence-corrected chi connectivity index (χ2v) is 4.26. The smallest absolute Gasteiger partial charge is 0.150 e. The van der Waals surface area contributed by atoms with Gasteiger partial charge in [0.05, 0.1) is 19.1 Å². The molecule has 0 fully saturated rings. The molecule has 0 heterocycles. The number of carbonyl (C=O) groups excluding carboxylic acids is 1. The van der Waals surface area contributed by atoms with Gasteiger partial charge in [-0.25, -0.2) is 0 Å². The van der Waals surface area contributed by atoms with E-state index in [0.717, 1.165) is 18.6 Å². The highest BCUT2D eigenvalue weighted by molar-refractivity contribution is 5.80. The molecule has 88 valence electrons. The van der Waals surface area contributed by atoms with Crippen LogP contribution in [0.3, 0.4) is 0 Å². The molecule has 0 unspecified atom stereocenters. The van der Waals surface area contributed by atoms with Crippen LogP contribution in [-0.4, -0.2) is 12.4 Å². The lowest BCUT2D eigenvalue weighted by Gasteiger charge is -2.07. The fourth-order valence-electron chi connectivity index (χ4n) is 2.10. The summed E-state index contributed by atoms with van der Waals surface area (Å²) in [5.74, 6) is 0.768. The minimum atomic E-state index is -0.0614. The molecule has 0 aliphatic heterocycles. The monoisotopic (exact) mass is 229 g/mol. The molecule has 0 saturated heterocycles. The van der Waals surface area contributed by atoms with E-state index in [2.05, 4.69) is 12.1 Å². The Balaban J connectivity index is 1.84. The van der Waals surface area contributed by atoms with Gasteiger partial charge < -0.3 is 4.74 Å². The average molecular weight is 229 g/mol. The van der Waals surface area contributed by atoms with Crippen molar-refractivity contribution < 1.29 is 9.53 Å². The maximum absolute atomic E-state index is 11.1. The average Bonchev–Trinajstić information content (AvgIpc) is 2.76. The van der Waals surface area contributed by atoms with Crippen LogP contribution in [-0.2, 0) is 17.6 Å². The molecule has 1 aliphatic rings. The Hall–Kier alpha value is -1.82. The van der Waals surface area contributed by atoms with Crippen molar-refractivity contribution in [3.8, 4) is 11.8 Å². The molecule has 1 aromatic carbocycles. The molecule has 0 radical (unpaired) electrons. The summed E-state index contributed by atoms with van der Waals surface area (Å²) in [6.07, 6.45) is 3.80. The first-order valence-corrected chi connectivity index (χ1v) is 5.93. The van der Waals surface area contributed by atoms with Crippen molar-refractivity contribution in [1.29, 1.82) is 5.26 Å². The van der Waals surface area contributed by atoms with Gasteiger partial charge in [-0.2, -0.15) is 5.26 Å². The summed E-state index contributed by atoms with van der Waals surface area (Å²) in [5, 5.41) is 8.35. The van der Waals surface area contributed by atoms with Crippen LogP contribution in [0.1, 0.15) is 30.4 Å². The summed E-state index contributed by atoms with van der Waals surface area (Å²) in [5.41, 5.74) is 2.78. The number of Topliss-reactive ketones (excluding diaryl/α,β-unsaturated/α-hetero) is 1. The third-order valence-electron chi connectivity index (χ3n) is 3.00. The van der Waals surface area contributed by atoms with Crippen LogP contribution in [0.2, 0.25) is 0 Å². The number of fused-ring (bicyclic) bond motifs is 1. The van der Waals surface area contributed by atoms with E-state index in [1.165, 1.54) is 17.5 Å². The number of rotatable bonds is 5. The molecular formula is C14H15NO2. The molecular weight excluding hydrogens is 214 g/mol. The van der Waals surface area contributed by atoms with Crippen LogP contribution in [0, 0.1) is 11.3 Å². The van der Waals surface area contributed by atoms with E-state index in [0.29, 0.717) is 13.0 Å². The van der Waals surface area contributed by atoms with Gasteiger partial charge in [0.15, 0.2) is 0 Å². The van der Waals surface area contributed by atoms with Crippen molar-refractivity contribution in [3.63, 3.8) is 0 Å². The van der Waals surface area contributed by atoms with Crippen LogP contribution in [0.15, 0.2) is 18.2 Å². The molecule has 0 aromatic heterocycles. The minimum Gasteiger partial charge on any atom is -0.493 e. The van der Waals surface area contributed by atoms with Gasteiger partial charge in [0.25, 0.3) is 0 Å². The molecule has 1 aliphatic carbocycles. The Kier molecular flexibility index (Phi) is 3.77. The van der Waals surface area contributed by atoms with Crippen LogP contribution in [0.4, 0.5) is 0 Å². The number of nitrogens with zero attached hydrogens (tertiary/aromatic N) is 1. The lowest BCUT2D eigenvalue weighted by Crippen LogP contribution is -2.05. The topological polar surface area (TPSA) is 50.1 Å². The molecule has 17 heavy (non-hydrogen) atoms. The van der Waals surface area contributed by atoms with Gasteiger partial charge in [-0.1, -0.05) is 6.07 Å². The van der Waals surface area contributed by atoms with Gasteiger partial charge in [-0.3, -0.25) is 4.79 Å². The first-order chi connectivity index (χ1) is 8.29. The summed E-state index contributed by atoms with van der Waals surface area (Å²) in [6.45, 7) is 0.360. The van der Waals surface area contributed by atoms with Crippen molar-refractivity contribution in [2.75, 3.05) is 6.61 Å². The highest BCUT2D eigenvalue weighted by Crippen LogP contribution is 2.25. The molecule has 0 amide bonds. The highest BCUT2D eigenvalue weighted by atomic mass is 16.5. The lowest BCUT2D eigenvalue weighted by atomic mass is 10.1. The van der Waals surface area contributed by atoms with Crippen molar-refractivity contribution >= 4 is 5.78 Å². The van der Waals surface area contributed by atoms with E-state index in [-0.39, 0.29) is 12.2 Å². The highest BCUT2D eigenvalue weighted by Gasteiger charge is 2.11. The number of aryl methyl sites for hydroxylation is 2. The molecule has 0 N–H and O–H groups in total. The van der Waals surface area contributed by atoms with Crippen LogP contribution >= 0.6 is 0 Å². The van der Waals surface area contributed by atoms with E-state index in [9.17, 15) is 4.79 Å². The standard InChI is InChI=1S/C14H15NO2/c15-8-6-13(16)7-9-17-14-5-4-11-2-1-3-12(11)10-14/h4-5,10H,1-3,6-7,9H2. The van der Waals surface area contributed by atoms with Gasteiger partial charge in [-0.15, -0.1) is 0 Å². The van der Waals surface area contributed by atoms with E-state index < -0.39 is 0 Å². The van der Waals surface area contributed by atoms with Crippen molar-refractivity contribution in [2.24, 2.45) is 0 Å². The predicted octanol–water partition coefficient (Wildman–Crippen LogP) is 2.43. The molecule has 1 aromatic rings. The number of ketones is 1. The van der Waals surface area contributed by atoms with E-state index in [1.54, 1.807) is 0 Å². The Morgan fingerprint density at radius 1 is 1.35 bits per heavy atom. The van der Waals surface area contributed by atoms with Gasteiger partial charge in [0, 0.05) is 6.42 Å². The Bertz CT molecular complexity index is 460. The van der Waals surface area contributed by atoms with Crippen LogP contribution < -0.4 is 4.74 Å². The lowest BCUT2D eigenvalue weighted by molar-refractivity contribution is -0.118. The number of hydrogen-bond acceptors (Lipinski definition) is 3. The van der Waals surface area contributed by atoms with E-state index in [4.69, 9.17) is 10.00 Å². The van der Waals surface area contributed by atoms with Crippen LogP contribution in [0.5, 0.6) is 5.75 Å². The molecule has 3 heteroatoms. The first-order valence-electron chi connectivity index (χ1n) is 5.93. The summed E-state index contributed by atoms with van der Waals surface area (Å²) >= 11 is 0. The maximum Gasteiger partial charge on any atom is 0.150 e. The fraction of sp³-hybridized carbons (Fsp3) is 0.429. The Morgan fingerprint density at radius 2 is 2.18 bits per heavy atom. The molecule has 3 nitrogen and oxygen atoms in total. The molecule has 0 spiro atoms. The Labute approximate surface area is 101 Å². The number of nitriles is 1.